The standard InChI is InChI=1S/C16H14FN3O/c17-13-8-4-5-11(9-13)10-14-19-16(21-20-14)15(18)12-6-2-1-3-7-12/h1-9,15H,10,18H2/t15-/m1/s1. The third-order valence-electron chi connectivity index (χ3n) is 3.16. The van der Waals surface area contributed by atoms with Crippen LogP contribution in [0.25, 0.3) is 0 Å². The molecular formula is C16H14FN3O. The highest BCUT2D eigenvalue weighted by Gasteiger charge is 2.16. The van der Waals surface area contributed by atoms with Crippen LogP contribution in [-0.4, -0.2) is 10.1 Å². The zero-order valence-corrected chi connectivity index (χ0v) is 11.2. The van der Waals surface area contributed by atoms with E-state index in [1.807, 2.05) is 36.4 Å². The minimum atomic E-state index is -0.458. The molecule has 4 nitrogen and oxygen atoms in total. The second-order valence-electron chi connectivity index (χ2n) is 4.74. The fourth-order valence-corrected chi connectivity index (χ4v) is 2.10. The van der Waals surface area contributed by atoms with Crippen LogP contribution in [-0.2, 0) is 6.42 Å². The predicted molar refractivity (Wildman–Crippen MR) is 76.0 cm³/mol. The van der Waals surface area contributed by atoms with Crippen LogP contribution in [0.1, 0.15) is 28.9 Å². The third-order valence-corrected chi connectivity index (χ3v) is 3.16. The van der Waals surface area contributed by atoms with Crippen LogP contribution in [0.15, 0.2) is 59.1 Å². The molecular weight excluding hydrogens is 269 g/mol. The molecule has 21 heavy (non-hydrogen) atoms. The van der Waals surface area contributed by atoms with E-state index in [9.17, 15) is 4.39 Å². The van der Waals surface area contributed by atoms with Crippen LogP contribution in [0.3, 0.4) is 0 Å². The van der Waals surface area contributed by atoms with Crippen LogP contribution in [0.5, 0.6) is 0 Å². The van der Waals surface area contributed by atoms with Crippen molar-refractivity contribution < 1.29 is 8.91 Å². The van der Waals surface area contributed by atoms with E-state index >= 15 is 0 Å². The summed E-state index contributed by atoms with van der Waals surface area (Å²) in [5, 5.41) is 3.90. The van der Waals surface area contributed by atoms with Crippen molar-refractivity contribution in [1.82, 2.24) is 10.1 Å². The van der Waals surface area contributed by atoms with E-state index in [2.05, 4.69) is 10.1 Å². The van der Waals surface area contributed by atoms with E-state index in [1.165, 1.54) is 12.1 Å². The van der Waals surface area contributed by atoms with E-state index in [1.54, 1.807) is 6.07 Å². The largest absolute Gasteiger partial charge is 0.337 e. The SMILES string of the molecule is N[C@H](c1ccccc1)c1nc(Cc2cccc(F)c2)no1. The zero-order valence-electron chi connectivity index (χ0n) is 11.2. The van der Waals surface area contributed by atoms with Gasteiger partial charge in [-0.25, -0.2) is 4.39 Å². The molecule has 2 N–H and O–H groups in total. The third kappa shape index (κ3) is 3.14. The second kappa shape index (κ2) is 5.85. The lowest BCUT2D eigenvalue weighted by Crippen LogP contribution is -2.12. The normalized spacial score (nSPS) is 12.3. The van der Waals surface area contributed by atoms with Crippen molar-refractivity contribution >= 4 is 0 Å². The number of aromatic nitrogens is 2. The van der Waals surface area contributed by atoms with E-state index in [4.69, 9.17) is 10.3 Å². The van der Waals surface area contributed by atoms with Gasteiger partial charge in [0.15, 0.2) is 5.82 Å². The minimum absolute atomic E-state index is 0.280. The number of nitrogens with zero attached hydrogens (tertiary/aromatic N) is 2. The lowest BCUT2D eigenvalue weighted by Gasteiger charge is -2.05. The summed E-state index contributed by atoms with van der Waals surface area (Å²) in [6.07, 6.45) is 0.406. The first-order chi connectivity index (χ1) is 10.2. The first-order valence-corrected chi connectivity index (χ1v) is 6.60. The number of hydrogen-bond donors (Lipinski definition) is 1. The molecule has 1 heterocycles. The monoisotopic (exact) mass is 283 g/mol. The second-order valence-corrected chi connectivity index (χ2v) is 4.74. The molecule has 0 saturated heterocycles. The Kier molecular flexibility index (Phi) is 3.75. The molecule has 0 radical (unpaired) electrons. The summed E-state index contributed by atoms with van der Waals surface area (Å²) in [6, 6.07) is 15.4. The van der Waals surface area contributed by atoms with Gasteiger partial charge >= 0.3 is 0 Å². The van der Waals surface area contributed by atoms with Crippen LogP contribution in [0.4, 0.5) is 4.39 Å². The number of rotatable bonds is 4. The summed E-state index contributed by atoms with van der Waals surface area (Å²) in [5.74, 6) is 0.562. The first-order valence-electron chi connectivity index (χ1n) is 6.60. The van der Waals surface area contributed by atoms with Gasteiger partial charge in [-0.2, -0.15) is 4.98 Å². The summed E-state index contributed by atoms with van der Waals surface area (Å²) in [7, 11) is 0. The van der Waals surface area contributed by atoms with Crippen molar-refractivity contribution in [3.05, 3.63) is 83.3 Å². The maximum absolute atomic E-state index is 13.1. The van der Waals surface area contributed by atoms with Crippen molar-refractivity contribution in [2.45, 2.75) is 12.5 Å². The average Bonchev–Trinajstić information content (AvgIpc) is 2.96. The highest BCUT2D eigenvalue weighted by Crippen LogP contribution is 2.18. The Morgan fingerprint density at radius 2 is 1.90 bits per heavy atom. The highest BCUT2D eigenvalue weighted by atomic mass is 19.1. The van der Waals surface area contributed by atoms with Crippen molar-refractivity contribution in [1.29, 1.82) is 0 Å². The van der Waals surface area contributed by atoms with Crippen molar-refractivity contribution in [3.63, 3.8) is 0 Å². The minimum Gasteiger partial charge on any atom is -0.337 e. The number of halogens is 1. The van der Waals surface area contributed by atoms with Gasteiger partial charge in [-0.05, 0) is 23.3 Å². The van der Waals surface area contributed by atoms with Crippen LogP contribution in [0, 0.1) is 5.82 Å². The maximum atomic E-state index is 13.1. The Bertz CT molecular complexity index is 727. The molecule has 0 fully saturated rings. The highest BCUT2D eigenvalue weighted by molar-refractivity contribution is 5.24. The molecule has 0 aliphatic rings. The maximum Gasteiger partial charge on any atom is 0.248 e. The summed E-state index contributed by atoms with van der Waals surface area (Å²) in [4.78, 5) is 4.29. The molecule has 1 aromatic heterocycles. The van der Waals surface area contributed by atoms with E-state index in [0.29, 0.717) is 18.1 Å². The fourth-order valence-electron chi connectivity index (χ4n) is 2.10. The molecule has 0 spiro atoms. The van der Waals surface area contributed by atoms with Gasteiger partial charge in [0.1, 0.15) is 11.9 Å². The lowest BCUT2D eigenvalue weighted by atomic mass is 10.1. The predicted octanol–water partition coefficient (Wildman–Crippen LogP) is 2.85. The van der Waals surface area contributed by atoms with Crippen LogP contribution >= 0.6 is 0 Å². The smallest absolute Gasteiger partial charge is 0.248 e. The Hall–Kier alpha value is -2.53. The summed E-state index contributed by atoms with van der Waals surface area (Å²) < 4.78 is 18.3. The van der Waals surface area contributed by atoms with E-state index < -0.39 is 6.04 Å². The molecule has 0 unspecified atom stereocenters. The zero-order chi connectivity index (χ0) is 14.7. The quantitative estimate of drug-likeness (QED) is 0.799. The molecule has 3 aromatic rings. The molecule has 0 saturated carbocycles. The molecule has 0 amide bonds. The van der Waals surface area contributed by atoms with Gasteiger partial charge in [0, 0.05) is 6.42 Å². The summed E-state index contributed by atoms with van der Waals surface area (Å²) in [5.41, 5.74) is 7.78. The molecule has 2 aromatic carbocycles. The topological polar surface area (TPSA) is 64.9 Å². The van der Waals surface area contributed by atoms with Crippen molar-refractivity contribution in [2.75, 3.05) is 0 Å². The van der Waals surface area contributed by atoms with Gasteiger partial charge in [-0.3, -0.25) is 0 Å². The Labute approximate surface area is 121 Å². The number of benzene rings is 2. The average molecular weight is 283 g/mol. The Balaban J connectivity index is 1.77. The van der Waals surface area contributed by atoms with Gasteiger partial charge in [-0.15, -0.1) is 0 Å². The van der Waals surface area contributed by atoms with Crippen LogP contribution < -0.4 is 5.73 Å². The van der Waals surface area contributed by atoms with Gasteiger partial charge < -0.3 is 10.3 Å². The molecule has 5 heteroatoms. The summed E-state index contributed by atoms with van der Waals surface area (Å²) in [6.45, 7) is 0. The Morgan fingerprint density at radius 3 is 2.67 bits per heavy atom. The molecule has 0 aliphatic carbocycles. The molecule has 0 aliphatic heterocycles. The summed E-state index contributed by atoms with van der Waals surface area (Å²) >= 11 is 0. The van der Waals surface area contributed by atoms with E-state index in [0.717, 1.165) is 11.1 Å². The van der Waals surface area contributed by atoms with Crippen molar-refractivity contribution in [3.8, 4) is 0 Å². The molecule has 3 rings (SSSR count). The van der Waals surface area contributed by atoms with Crippen LogP contribution in [0.2, 0.25) is 0 Å². The van der Waals surface area contributed by atoms with Gasteiger partial charge in [0.05, 0.1) is 0 Å². The van der Waals surface area contributed by atoms with E-state index in [-0.39, 0.29) is 5.82 Å². The van der Waals surface area contributed by atoms with Crippen molar-refractivity contribution in [2.24, 2.45) is 5.73 Å². The lowest BCUT2D eigenvalue weighted by molar-refractivity contribution is 0.363. The fraction of sp³-hybridized carbons (Fsp3) is 0.125. The molecule has 1 atom stereocenters. The van der Waals surface area contributed by atoms with Gasteiger partial charge in [0.25, 0.3) is 0 Å². The molecule has 106 valence electrons. The first kappa shape index (κ1) is 13.5. The molecule has 0 bridgehead atoms. The van der Waals surface area contributed by atoms with Gasteiger partial charge in [-0.1, -0.05) is 47.6 Å². The Morgan fingerprint density at radius 1 is 1.10 bits per heavy atom. The number of hydrogen-bond acceptors (Lipinski definition) is 4. The number of nitrogens with two attached hydrogens (primary N) is 1. The van der Waals surface area contributed by atoms with Gasteiger partial charge in [0.2, 0.25) is 5.89 Å².